The van der Waals surface area contributed by atoms with E-state index in [1.165, 1.54) is 0 Å². The Hall–Kier alpha value is -2.31. The Bertz CT molecular complexity index is 1150. The quantitative estimate of drug-likeness (QED) is 0.0497. The summed E-state index contributed by atoms with van der Waals surface area (Å²) in [6, 6.07) is 9.18. The van der Waals surface area contributed by atoms with Gasteiger partial charge in [0.15, 0.2) is 11.6 Å². The SMILES string of the molecule is CCOC(=O)/C(=C/NCC(O)c1cccc(O[Si](C)(C)C(C)(C)C)c1)C(=O)c1cc(I)cc(F)c1F. The van der Waals surface area contributed by atoms with Crippen LogP contribution in [-0.4, -0.2) is 38.3 Å². The molecule has 0 heterocycles. The van der Waals surface area contributed by atoms with Crippen molar-refractivity contribution in [3.05, 3.63) is 74.5 Å². The Morgan fingerprint density at radius 3 is 2.47 bits per heavy atom. The topological polar surface area (TPSA) is 84.9 Å². The maximum Gasteiger partial charge on any atom is 0.343 e. The lowest BCUT2D eigenvalue weighted by molar-refractivity contribution is -0.138. The average Bonchev–Trinajstić information content (AvgIpc) is 2.77. The molecule has 0 aliphatic rings. The summed E-state index contributed by atoms with van der Waals surface area (Å²) < 4.78 is 39.6. The first-order chi connectivity index (χ1) is 16.7. The van der Waals surface area contributed by atoms with Gasteiger partial charge in [-0.25, -0.2) is 13.6 Å². The molecule has 0 aliphatic carbocycles. The van der Waals surface area contributed by atoms with E-state index < -0.39 is 48.9 Å². The van der Waals surface area contributed by atoms with Crippen molar-refractivity contribution < 1.29 is 32.6 Å². The number of halogens is 3. The second-order valence-electron chi connectivity index (χ2n) is 9.72. The van der Waals surface area contributed by atoms with E-state index in [-0.39, 0.29) is 18.2 Å². The summed E-state index contributed by atoms with van der Waals surface area (Å²) in [4.78, 5) is 25.3. The number of rotatable bonds is 10. The molecular formula is C26H32F2INO5Si. The van der Waals surface area contributed by atoms with Crippen LogP contribution in [0.4, 0.5) is 8.78 Å². The first-order valence-electron chi connectivity index (χ1n) is 11.4. The molecule has 0 radical (unpaired) electrons. The number of carbonyl (C=O) groups is 2. The minimum atomic E-state index is -2.08. The van der Waals surface area contributed by atoms with Crippen LogP contribution in [0.3, 0.4) is 0 Å². The number of ether oxygens (including phenoxy) is 1. The number of aliphatic hydroxyl groups is 1. The van der Waals surface area contributed by atoms with Gasteiger partial charge in [-0.05, 0) is 77.5 Å². The van der Waals surface area contributed by atoms with E-state index in [9.17, 15) is 23.5 Å². The second kappa shape index (κ2) is 12.3. The summed E-state index contributed by atoms with van der Waals surface area (Å²) in [5, 5.41) is 13.4. The lowest BCUT2D eigenvalue weighted by Gasteiger charge is -2.36. The zero-order valence-corrected chi connectivity index (χ0v) is 24.4. The van der Waals surface area contributed by atoms with Crippen molar-refractivity contribution in [1.82, 2.24) is 5.32 Å². The van der Waals surface area contributed by atoms with Crippen molar-refractivity contribution in [3.8, 4) is 5.75 Å². The number of Topliss-reactive ketones (excluding diaryl/α,β-unsaturated/α-hetero) is 1. The highest BCUT2D eigenvalue weighted by Crippen LogP contribution is 2.37. The Balaban J connectivity index is 2.23. The van der Waals surface area contributed by atoms with Gasteiger partial charge in [0.25, 0.3) is 0 Å². The standard InChI is InChI=1S/C26H32F2INO5Si/c1-7-34-25(33)20(24(32)19-12-17(29)13-21(27)23(19)28)14-30-15-22(31)16-9-8-10-18(11-16)35-36(5,6)26(2,3)4/h8-14,22,30-31H,7,15H2,1-6H3/b20-14+. The summed E-state index contributed by atoms with van der Waals surface area (Å²) in [6.45, 7) is 12.1. The van der Waals surface area contributed by atoms with Crippen LogP contribution in [-0.2, 0) is 9.53 Å². The van der Waals surface area contributed by atoms with E-state index in [4.69, 9.17) is 9.16 Å². The molecule has 196 valence electrons. The summed E-state index contributed by atoms with van der Waals surface area (Å²) in [7, 11) is -2.08. The summed E-state index contributed by atoms with van der Waals surface area (Å²) >= 11 is 1.75. The van der Waals surface area contributed by atoms with Crippen LogP contribution in [0.15, 0.2) is 48.2 Å². The molecule has 0 aromatic heterocycles. The van der Waals surface area contributed by atoms with Crippen molar-refractivity contribution in [1.29, 1.82) is 0 Å². The van der Waals surface area contributed by atoms with Crippen LogP contribution in [0, 0.1) is 15.2 Å². The summed E-state index contributed by atoms with van der Waals surface area (Å²) in [5.74, 6) is -3.93. The van der Waals surface area contributed by atoms with Gasteiger partial charge in [-0.15, -0.1) is 0 Å². The predicted molar refractivity (Wildman–Crippen MR) is 145 cm³/mol. The van der Waals surface area contributed by atoms with Gasteiger partial charge in [-0.1, -0.05) is 32.9 Å². The van der Waals surface area contributed by atoms with Gasteiger partial charge in [-0.2, -0.15) is 0 Å². The van der Waals surface area contributed by atoms with Crippen molar-refractivity contribution in [2.45, 2.75) is 51.9 Å². The monoisotopic (exact) mass is 631 g/mol. The summed E-state index contributed by atoms with van der Waals surface area (Å²) in [5.41, 5.74) is -0.530. The van der Waals surface area contributed by atoms with Crippen molar-refractivity contribution >= 4 is 42.7 Å². The summed E-state index contributed by atoms with van der Waals surface area (Å²) in [6.07, 6.45) is 0.0473. The van der Waals surface area contributed by atoms with Gasteiger partial charge in [0.1, 0.15) is 11.3 Å². The van der Waals surface area contributed by atoms with Gasteiger partial charge in [0.2, 0.25) is 14.1 Å². The molecular weight excluding hydrogens is 599 g/mol. The highest BCUT2D eigenvalue weighted by molar-refractivity contribution is 14.1. The number of esters is 1. The lowest BCUT2D eigenvalue weighted by Crippen LogP contribution is -2.43. The van der Waals surface area contributed by atoms with Crippen molar-refractivity contribution in [2.75, 3.05) is 13.2 Å². The van der Waals surface area contributed by atoms with E-state index in [2.05, 4.69) is 39.2 Å². The van der Waals surface area contributed by atoms with E-state index >= 15 is 0 Å². The van der Waals surface area contributed by atoms with E-state index in [0.717, 1.165) is 18.3 Å². The third kappa shape index (κ3) is 7.59. The first kappa shape index (κ1) is 29.9. The number of hydrogen-bond donors (Lipinski definition) is 2. The molecule has 2 aromatic rings. The Labute approximate surface area is 225 Å². The molecule has 0 saturated heterocycles. The molecule has 1 unspecified atom stereocenters. The van der Waals surface area contributed by atoms with Crippen molar-refractivity contribution in [2.24, 2.45) is 0 Å². The highest BCUT2D eigenvalue weighted by Gasteiger charge is 2.39. The minimum Gasteiger partial charge on any atom is -0.543 e. The molecule has 0 saturated carbocycles. The van der Waals surface area contributed by atoms with Crippen LogP contribution in [0.5, 0.6) is 5.75 Å². The van der Waals surface area contributed by atoms with Crippen molar-refractivity contribution in [3.63, 3.8) is 0 Å². The van der Waals surface area contributed by atoms with Crippen LogP contribution in [0.2, 0.25) is 18.1 Å². The molecule has 0 fully saturated rings. The average molecular weight is 632 g/mol. The molecule has 10 heteroatoms. The van der Waals surface area contributed by atoms with E-state index in [1.807, 2.05) is 6.07 Å². The highest BCUT2D eigenvalue weighted by atomic mass is 127. The maximum absolute atomic E-state index is 14.3. The predicted octanol–water partition coefficient (Wildman–Crippen LogP) is 5.91. The zero-order chi connectivity index (χ0) is 27.3. The van der Waals surface area contributed by atoms with Crippen LogP contribution < -0.4 is 9.74 Å². The number of ketones is 1. The Morgan fingerprint density at radius 2 is 1.86 bits per heavy atom. The van der Waals surface area contributed by atoms with Gasteiger partial charge >= 0.3 is 5.97 Å². The molecule has 36 heavy (non-hydrogen) atoms. The molecule has 0 bridgehead atoms. The Morgan fingerprint density at radius 1 is 1.19 bits per heavy atom. The number of nitrogens with one attached hydrogen (secondary N) is 1. The Kier molecular flexibility index (Phi) is 10.2. The van der Waals surface area contributed by atoms with E-state index in [1.54, 1.807) is 47.7 Å². The molecule has 0 aliphatic heterocycles. The van der Waals surface area contributed by atoms with E-state index in [0.29, 0.717) is 14.9 Å². The van der Waals surface area contributed by atoms with Gasteiger partial charge in [0.05, 0.1) is 18.3 Å². The fourth-order valence-electron chi connectivity index (χ4n) is 2.92. The largest absolute Gasteiger partial charge is 0.543 e. The van der Waals surface area contributed by atoms with Crippen LogP contribution in [0.1, 0.15) is 49.7 Å². The third-order valence-corrected chi connectivity index (χ3v) is 10.9. The number of carbonyl (C=O) groups excluding carboxylic acids is 2. The first-order valence-corrected chi connectivity index (χ1v) is 15.4. The molecule has 1 atom stereocenters. The van der Waals surface area contributed by atoms with Crippen LogP contribution in [0.25, 0.3) is 0 Å². The maximum atomic E-state index is 14.3. The molecule has 2 N–H and O–H groups in total. The fourth-order valence-corrected chi connectivity index (χ4v) is 4.52. The molecule has 0 amide bonds. The molecule has 0 spiro atoms. The smallest absolute Gasteiger partial charge is 0.343 e. The van der Waals surface area contributed by atoms with Gasteiger partial charge in [0, 0.05) is 16.3 Å². The lowest BCUT2D eigenvalue weighted by atomic mass is 10.0. The molecule has 2 rings (SSSR count). The zero-order valence-electron chi connectivity index (χ0n) is 21.2. The molecule has 2 aromatic carbocycles. The number of aliphatic hydroxyl groups excluding tert-OH is 1. The second-order valence-corrected chi connectivity index (χ2v) is 15.7. The normalized spacial score (nSPS) is 13.2. The number of hydrogen-bond acceptors (Lipinski definition) is 6. The third-order valence-electron chi connectivity index (χ3n) is 5.96. The fraction of sp³-hybridized carbons (Fsp3) is 0.385. The van der Waals surface area contributed by atoms with Gasteiger partial charge < -0.3 is 19.6 Å². The molecule has 6 nitrogen and oxygen atoms in total. The minimum absolute atomic E-state index is 0.00319. The number of benzene rings is 2. The van der Waals surface area contributed by atoms with Gasteiger partial charge in [-0.3, -0.25) is 4.79 Å². The van der Waals surface area contributed by atoms with Crippen LogP contribution >= 0.6 is 22.6 Å².